The number of benzene rings is 1. The largest absolute Gasteiger partial charge is 0.463 e. The number of amides is 2. The number of para-hydroxylation sites is 1. The molecule has 1 aromatic heterocycles. The second-order valence-electron chi connectivity index (χ2n) is 6.51. The standard InChI is InChI=1S/C20H23N5O5/c1-4-14-16(18(26)29-5-2)15(22-20(28)21-14)11-30-19(27)17-12(3)23-25(24-17)13-9-7-6-8-10-13/h6-10,14H,4-5,11H2,1-3H3,(H2,21,22,28)/t14-/m1/s1. The fraction of sp³-hybridized carbons (Fsp3) is 0.350. The normalized spacial score (nSPS) is 16.0. The highest BCUT2D eigenvalue weighted by Crippen LogP contribution is 2.18. The molecule has 1 aliphatic heterocycles. The lowest BCUT2D eigenvalue weighted by molar-refractivity contribution is -0.139. The molecule has 0 aliphatic carbocycles. The van der Waals surface area contributed by atoms with Crippen LogP contribution in [0.1, 0.15) is 36.5 Å². The van der Waals surface area contributed by atoms with Crippen molar-refractivity contribution in [1.82, 2.24) is 25.6 Å². The molecular weight excluding hydrogens is 390 g/mol. The van der Waals surface area contributed by atoms with Gasteiger partial charge in [0.05, 0.1) is 35.3 Å². The van der Waals surface area contributed by atoms with Crippen LogP contribution in [0.25, 0.3) is 5.69 Å². The van der Waals surface area contributed by atoms with Crippen LogP contribution in [0.5, 0.6) is 0 Å². The summed E-state index contributed by atoms with van der Waals surface area (Å²) in [5.74, 6) is -1.29. The number of carbonyl (C=O) groups is 3. The molecule has 1 atom stereocenters. The van der Waals surface area contributed by atoms with Crippen LogP contribution in [0.4, 0.5) is 4.79 Å². The molecule has 1 aromatic carbocycles. The molecule has 10 heteroatoms. The van der Waals surface area contributed by atoms with E-state index < -0.39 is 24.0 Å². The molecule has 0 fully saturated rings. The maximum atomic E-state index is 12.6. The minimum atomic E-state index is -0.716. The van der Waals surface area contributed by atoms with Crippen LogP contribution in [0.3, 0.4) is 0 Å². The molecule has 0 spiro atoms. The van der Waals surface area contributed by atoms with E-state index >= 15 is 0 Å². The highest BCUT2D eigenvalue weighted by Gasteiger charge is 2.32. The second kappa shape index (κ2) is 9.21. The average Bonchev–Trinajstić information content (AvgIpc) is 3.14. The maximum absolute atomic E-state index is 12.6. The number of nitrogens with zero attached hydrogens (tertiary/aromatic N) is 3. The van der Waals surface area contributed by atoms with E-state index in [-0.39, 0.29) is 30.2 Å². The third-order valence-corrected chi connectivity index (χ3v) is 4.46. The topological polar surface area (TPSA) is 124 Å². The third-order valence-electron chi connectivity index (χ3n) is 4.46. The summed E-state index contributed by atoms with van der Waals surface area (Å²) in [4.78, 5) is 38.2. The average molecular weight is 413 g/mol. The number of esters is 2. The van der Waals surface area contributed by atoms with Crippen molar-refractivity contribution in [3.8, 4) is 5.69 Å². The van der Waals surface area contributed by atoms with E-state index in [0.717, 1.165) is 0 Å². The van der Waals surface area contributed by atoms with Crippen LogP contribution < -0.4 is 10.6 Å². The highest BCUT2D eigenvalue weighted by atomic mass is 16.5. The summed E-state index contributed by atoms with van der Waals surface area (Å²) in [7, 11) is 0. The van der Waals surface area contributed by atoms with Gasteiger partial charge in [0.1, 0.15) is 6.61 Å². The molecule has 2 aromatic rings. The number of rotatable bonds is 7. The van der Waals surface area contributed by atoms with Gasteiger partial charge in [-0.15, -0.1) is 5.10 Å². The van der Waals surface area contributed by atoms with Gasteiger partial charge >= 0.3 is 18.0 Å². The minimum Gasteiger partial charge on any atom is -0.463 e. The van der Waals surface area contributed by atoms with Crippen molar-refractivity contribution in [3.63, 3.8) is 0 Å². The number of carbonyl (C=O) groups excluding carboxylic acids is 3. The number of ether oxygens (including phenoxy) is 2. The zero-order chi connectivity index (χ0) is 21.7. The zero-order valence-electron chi connectivity index (χ0n) is 17.0. The SMILES string of the molecule is CCOC(=O)C1=C(COC(=O)c2nn(-c3ccccc3)nc2C)NC(=O)N[C@@H]1CC. The zero-order valence-corrected chi connectivity index (χ0v) is 17.0. The first-order chi connectivity index (χ1) is 14.4. The Balaban J connectivity index is 1.80. The van der Waals surface area contributed by atoms with Gasteiger partial charge in [-0.25, -0.2) is 14.4 Å². The van der Waals surface area contributed by atoms with Crippen LogP contribution >= 0.6 is 0 Å². The molecular formula is C20H23N5O5. The van der Waals surface area contributed by atoms with E-state index in [1.165, 1.54) is 4.80 Å². The number of aromatic nitrogens is 3. The second-order valence-corrected chi connectivity index (χ2v) is 6.51. The minimum absolute atomic E-state index is 0.0458. The van der Waals surface area contributed by atoms with Gasteiger partial charge in [0.15, 0.2) is 5.69 Å². The molecule has 2 amide bonds. The van der Waals surface area contributed by atoms with E-state index in [4.69, 9.17) is 9.47 Å². The Bertz CT molecular complexity index is 983. The number of aryl methyl sites for hydroxylation is 1. The summed E-state index contributed by atoms with van der Waals surface area (Å²) in [6, 6.07) is 8.12. The quantitative estimate of drug-likeness (QED) is 0.661. The van der Waals surface area contributed by atoms with Gasteiger partial charge in [0, 0.05) is 0 Å². The van der Waals surface area contributed by atoms with Crippen LogP contribution in [-0.2, 0) is 14.3 Å². The fourth-order valence-corrected chi connectivity index (χ4v) is 3.03. The maximum Gasteiger partial charge on any atom is 0.361 e. The molecule has 30 heavy (non-hydrogen) atoms. The Kier molecular flexibility index (Phi) is 6.45. The number of urea groups is 1. The van der Waals surface area contributed by atoms with Gasteiger partial charge < -0.3 is 20.1 Å². The van der Waals surface area contributed by atoms with E-state index in [1.54, 1.807) is 26.0 Å². The van der Waals surface area contributed by atoms with E-state index in [0.29, 0.717) is 17.8 Å². The van der Waals surface area contributed by atoms with E-state index in [2.05, 4.69) is 20.8 Å². The Morgan fingerprint density at radius 1 is 1.10 bits per heavy atom. The summed E-state index contributed by atoms with van der Waals surface area (Å²) in [6.45, 7) is 5.03. The third kappa shape index (κ3) is 4.48. The first kappa shape index (κ1) is 21.0. The molecule has 3 rings (SSSR count). The Morgan fingerprint density at radius 3 is 2.50 bits per heavy atom. The summed E-state index contributed by atoms with van der Waals surface area (Å²) >= 11 is 0. The Morgan fingerprint density at radius 2 is 1.83 bits per heavy atom. The number of hydrogen-bond donors (Lipinski definition) is 2. The number of nitrogens with one attached hydrogen (secondary N) is 2. The summed E-state index contributed by atoms with van der Waals surface area (Å²) in [5, 5.41) is 13.6. The molecule has 2 N–H and O–H groups in total. The monoisotopic (exact) mass is 413 g/mol. The molecule has 0 saturated heterocycles. The van der Waals surface area contributed by atoms with Crippen molar-refractivity contribution in [2.75, 3.05) is 13.2 Å². The lowest BCUT2D eigenvalue weighted by Gasteiger charge is -2.28. The summed E-state index contributed by atoms with van der Waals surface area (Å²) < 4.78 is 10.4. The van der Waals surface area contributed by atoms with Crippen molar-refractivity contribution < 1.29 is 23.9 Å². The van der Waals surface area contributed by atoms with Gasteiger partial charge in [0.25, 0.3) is 0 Å². The van der Waals surface area contributed by atoms with Gasteiger partial charge in [-0.1, -0.05) is 25.1 Å². The van der Waals surface area contributed by atoms with Gasteiger partial charge in [0.2, 0.25) is 0 Å². The first-order valence-electron chi connectivity index (χ1n) is 9.58. The van der Waals surface area contributed by atoms with Gasteiger partial charge in [-0.2, -0.15) is 9.90 Å². The van der Waals surface area contributed by atoms with Crippen molar-refractivity contribution in [2.24, 2.45) is 0 Å². The molecule has 158 valence electrons. The van der Waals surface area contributed by atoms with E-state index in [1.807, 2.05) is 25.1 Å². The molecule has 10 nitrogen and oxygen atoms in total. The summed E-state index contributed by atoms with van der Waals surface area (Å²) in [6.07, 6.45) is 0.476. The Labute approximate surface area is 173 Å². The molecule has 2 heterocycles. The summed E-state index contributed by atoms with van der Waals surface area (Å²) in [5.41, 5.74) is 1.55. The first-order valence-corrected chi connectivity index (χ1v) is 9.58. The van der Waals surface area contributed by atoms with Crippen molar-refractivity contribution in [2.45, 2.75) is 33.2 Å². The molecule has 0 radical (unpaired) electrons. The molecule has 0 bridgehead atoms. The smallest absolute Gasteiger partial charge is 0.361 e. The van der Waals surface area contributed by atoms with Crippen molar-refractivity contribution in [3.05, 3.63) is 53.0 Å². The lowest BCUT2D eigenvalue weighted by Crippen LogP contribution is -2.51. The molecule has 1 aliphatic rings. The highest BCUT2D eigenvalue weighted by molar-refractivity contribution is 5.95. The lowest BCUT2D eigenvalue weighted by atomic mass is 10.0. The van der Waals surface area contributed by atoms with Gasteiger partial charge in [-0.05, 0) is 32.4 Å². The predicted octanol–water partition coefficient (Wildman–Crippen LogP) is 1.64. The van der Waals surface area contributed by atoms with Crippen LogP contribution in [0.2, 0.25) is 0 Å². The predicted molar refractivity (Wildman–Crippen MR) is 106 cm³/mol. The van der Waals surface area contributed by atoms with E-state index in [9.17, 15) is 14.4 Å². The van der Waals surface area contributed by atoms with Crippen LogP contribution in [0, 0.1) is 6.92 Å². The van der Waals surface area contributed by atoms with Crippen molar-refractivity contribution in [1.29, 1.82) is 0 Å². The van der Waals surface area contributed by atoms with Crippen LogP contribution in [-0.4, -0.2) is 52.2 Å². The van der Waals surface area contributed by atoms with Gasteiger partial charge in [-0.3, -0.25) is 0 Å². The number of hydrogen-bond acceptors (Lipinski definition) is 7. The molecule has 0 saturated carbocycles. The van der Waals surface area contributed by atoms with Crippen molar-refractivity contribution >= 4 is 18.0 Å². The fourth-order valence-electron chi connectivity index (χ4n) is 3.03. The molecule has 0 unspecified atom stereocenters. The van der Waals surface area contributed by atoms with Crippen LogP contribution in [0.15, 0.2) is 41.6 Å². The Hall–Kier alpha value is -3.69.